The maximum Gasteiger partial charge on any atom is 0.255 e. The van der Waals surface area contributed by atoms with Crippen molar-refractivity contribution in [3.8, 4) is 11.1 Å². The summed E-state index contributed by atoms with van der Waals surface area (Å²) in [6.07, 6.45) is 5.70. The fourth-order valence-electron chi connectivity index (χ4n) is 3.21. The zero-order valence-corrected chi connectivity index (χ0v) is 15.2. The van der Waals surface area contributed by atoms with Gasteiger partial charge >= 0.3 is 0 Å². The SMILES string of the molecule is O=C(NCCC1CC1)c1cnc2ccc(-c3cn[nH]c3)cc2c1NCC(F)F. The van der Waals surface area contributed by atoms with Gasteiger partial charge in [-0.15, -0.1) is 0 Å². The molecule has 1 aliphatic rings. The van der Waals surface area contributed by atoms with Gasteiger partial charge in [0.15, 0.2) is 0 Å². The van der Waals surface area contributed by atoms with Crippen LogP contribution in [0.2, 0.25) is 0 Å². The number of hydrogen-bond acceptors (Lipinski definition) is 4. The number of pyridine rings is 1. The van der Waals surface area contributed by atoms with E-state index in [0.717, 1.165) is 17.5 Å². The van der Waals surface area contributed by atoms with Gasteiger partial charge in [-0.25, -0.2) is 8.78 Å². The fraction of sp³-hybridized carbons (Fsp3) is 0.350. The minimum absolute atomic E-state index is 0.272. The van der Waals surface area contributed by atoms with Gasteiger partial charge in [0.2, 0.25) is 0 Å². The van der Waals surface area contributed by atoms with E-state index in [1.54, 1.807) is 18.5 Å². The predicted molar refractivity (Wildman–Crippen MR) is 103 cm³/mol. The van der Waals surface area contributed by atoms with E-state index in [9.17, 15) is 13.6 Å². The maximum absolute atomic E-state index is 12.9. The first-order valence-electron chi connectivity index (χ1n) is 9.34. The molecular formula is C20H21F2N5O. The number of fused-ring (bicyclic) bond motifs is 1. The molecule has 1 fully saturated rings. The highest BCUT2D eigenvalue weighted by Gasteiger charge is 2.22. The molecular weight excluding hydrogens is 364 g/mol. The van der Waals surface area contributed by atoms with E-state index in [1.165, 1.54) is 19.0 Å². The van der Waals surface area contributed by atoms with E-state index < -0.39 is 13.0 Å². The first-order chi connectivity index (χ1) is 13.6. The Bertz CT molecular complexity index is 970. The van der Waals surface area contributed by atoms with Crippen LogP contribution in [0.5, 0.6) is 0 Å². The van der Waals surface area contributed by atoms with Crippen molar-refractivity contribution in [3.63, 3.8) is 0 Å². The monoisotopic (exact) mass is 385 g/mol. The number of aromatic amines is 1. The summed E-state index contributed by atoms with van der Waals surface area (Å²) in [6, 6.07) is 5.52. The highest BCUT2D eigenvalue weighted by Crippen LogP contribution is 2.32. The Morgan fingerprint density at radius 3 is 2.82 bits per heavy atom. The van der Waals surface area contributed by atoms with E-state index in [0.29, 0.717) is 29.1 Å². The lowest BCUT2D eigenvalue weighted by atomic mass is 10.0. The standard InChI is InChI=1S/C20H21F2N5O/c21-18(22)11-25-19-15-7-13(14-8-26-27-9-14)3-4-17(15)24-10-16(19)20(28)23-6-5-12-1-2-12/h3-4,7-10,12,18H,1-2,5-6,11H2,(H,23,28)(H,24,25)(H,26,27). The Labute approximate surface area is 160 Å². The number of halogens is 2. The second kappa shape index (κ2) is 7.92. The minimum Gasteiger partial charge on any atom is -0.378 e. The number of benzene rings is 1. The lowest BCUT2D eigenvalue weighted by molar-refractivity contribution is 0.0953. The molecule has 0 atom stereocenters. The molecule has 3 aromatic rings. The van der Waals surface area contributed by atoms with Crippen molar-refractivity contribution in [2.45, 2.75) is 25.7 Å². The molecule has 1 saturated carbocycles. The average Bonchev–Trinajstić information content (AvgIpc) is 3.35. The van der Waals surface area contributed by atoms with Crippen molar-refractivity contribution in [2.24, 2.45) is 5.92 Å². The molecule has 8 heteroatoms. The van der Waals surface area contributed by atoms with Crippen LogP contribution in [0, 0.1) is 5.92 Å². The largest absolute Gasteiger partial charge is 0.378 e. The maximum atomic E-state index is 12.9. The van der Waals surface area contributed by atoms with Crippen molar-refractivity contribution in [3.05, 3.63) is 42.4 Å². The van der Waals surface area contributed by atoms with E-state index in [2.05, 4.69) is 25.8 Å². The summed E-state index contributed by atoms with van der Waals surface area (Å²) < 4.78 is 25.7. The summed E-state index contributed by atoms with van der Waals surface area (Å²) >= 11 is 0. The molecule has 1 aliphatic carbocycles. The molecule has 0 unspecified atom stereocenters. The first kappa shape index (κ1) is 18.3. The molecule has 0 spiro atoms. The lowest BCUT2D eigenvalue weighted by Crippen LogP contribution is -2.26. The molecule has 146 valence electrons. The third-order valence-corrected chi connectivity index (χ3v) is 4.91. The topological polar surface area (TPSA) is 82.7 Å². The van der Waals surface area contributed by atoms with Gasteiger partial charge in [-0.1, -0.05) is 18.9 Å². The van der Waals surface area contributed by atoms with Crippen LogP contribution in [0.15, 0.2) is 36.8 Å². The van der Waals surface area contributed by atoms with Gasteiger partial charge in [-0.05, 0) is 30.0 Å². The molecule has 0 radical (unpaired) electrons. The molecule has 0 bridgehead atoms. The van der Waals surface area contributed by atoms with Crippen LogP contribution in [0.4, 0.5) is 14.5 Å². The number of aromatic nitrogens is 3. The first-order valence-corrected chi connectivity index (χ1v) is 9.34. The highest BCUT2D eigenvalue weighted by atomic mass is 19.3. The molecule has 2 heterocycles. The van der Waals surface area contributed by atoms with E-state index in [1.807, 2.05) is 12.1 Å². The minimum atomic E-state index is -2.54. The molecule has 6 nitrogen and oxygen atoms in total. The van der Waals surface area contributed by atoms with Gasteiger partial charge in [-0.2, -0.15) is 5.10 Å². The van der Waals surface area contributed by atoms with Gasteiger partial charge in [-0.3, -0.25) is 14.9 Å². The summed E-state index contributed by atoms with van der Waals surface area (Å²) in [7, 11) is 0. The Morgan fingerprint density at radius 2 is 2.11 bits per heavy atom. The Morgan fingerprint density at radius 1 is 1.25 bits per heavy atom. The normalized spacial score (nSPS) is 13.8. The average molecular weight is 385 g/mol. The number of nitrogens with one attached hydrogen (secondary N) is 3. The third kappa shape index (κ3) is 4.11. The number of nitrogens with zero attached hydrogens (tertiary/aromatic N) is 2. The predicted octanol–water partition coefficient (Wildman–Crippen LogP) is 3.83. The molecule has 2 aromatic heterocycles. The highest BCUT2D eigenvalue weighted by molar-refractivity contribution is 6.07. The van der Waals surface area contributed by atoms with E-state index in [4.69, 9.17) is 0 Å². The number of alkyl halides is 2. The van der Waals surface area contributed by atoms with Crippen LogP contribution < -0.4 is 10.6 Å². The number of anilines is 1. The zero-order chi connectivity index (χ0) is 19.5. The second-order valence-electron chi connectivity index (χ2n) is 7.03. The van der Waals surface area contributed by atoms with Crippen LogP contribution in [0.25, 0.3) is 22.0 Å². The van der Waals surface area contributed by atoms with Gasteiger partial charge in [0.05, 0.1) is 29.5 Å². The van der Waals surface area contributed by atoms with Crippen LogP contribution in [-0.4, -0.2) is 40.6 Å². The van der Waals surface area contributed by atoms with Crippen LogP contribution in [0.1, 0.15) is 29.6 Å². The van der Waals surface area contributed by atoms with Gasteiger partial charge < -0.3 is 10.6 Å². The number of carbonyl (C=O) groups excluding carboxylic acids is 1. The molecule has 0 saturated heterocycles. The number of amides is 1. The summed E-state index contributed by atoms with van der Waals surface area (Å²) in [4.78, 5) is 17.0. The van der Waals surface area contributed by atoms with E-state index in [-0.39, 0.29) is 11.5 Å². The van der Waals surface area contributed by atoms with Crippen molar-refractivity contribution in [1.82, 2.24) is 20.5 Å². The van der Waals surface area contributed by atoms with Crippen molar-refractivity contribution >= 4 is 22.5 Å². The molecule has 4 rings (SSSR count). The van der Waals surface area contributed by atoms with Gasteiger partial charge in [0.25, 0.3) is 12.3 Å². The van der Waals surface area contributed by atoms with Crippen molar-refractivity contribution in [1.29, 1.82) is 0 Å². The fourth-order valence-corrected chi connectivity index (χ4v) is 3.21. The van der Waals surface area contributed by atoms with Crippen LogP contribution in [0.3, 0.4) is 0 Å². The molecule has 1 amide bonds. The lowest BCUT2D eigenvalue weighted by Gasteiger charge is -2.15. The molecule has 1 aromatic carbocycles. The van der Waals surface area contributed by atoms with Crippen LogP contribution in [-0.2, 0) is 0 Å². The molecule has 28 heavy (non-hydrogen) atoms. The zero-order valence-electron chi connectivity index (χ0n) is 15.2. The number of hydrogen-bond donors (Lipinski definition) is 3. The second-order valence-corrected chi connectivity index (χ2v) is 7.03. The summed E-state index contributed by atoms with van der Waals surface area (Å²) in [5.41, 5.74) is 2.99. The van der Waals surface area contributed by atoms with Gasteiger partial charge in [0.1, 0.15) is 0 Å². The van der Waals surface area contributed by atoms with Crippen molar-refractivity contribution < 1.29 is 13.6 Å². The smallest absolute Gasteiger partial charge is 0.255 e. The van der Waals surface area contributed by atoms with Crippen molar-refractivity contribution in [2.75, 3.05) is 18.4 Å². The Kier molecular flexibility index (Phi) is 5.18. The number of carbonyl (C=O) groups is 1. The van der Waals surface area contributed by atoms with Crippen LogP contribution >= 0.6 is 0 Å². The third-order valence-electron chi connectivity index (χ3n) is 4.91. The molecule has 0 aliphatic heterocycles. The van der Waals surface area contributed by atoms with E-state index >= 15 is 0 Å². The quantitative estimate of drug-likeness (QED) is 0.550. The number of rotatable bonds is 8. The van der Waals surface area contributed by atoms with Gasteiger partial charge in [0, 0.05) is 29.9 Å². The molecule has 3 N–H and O–H groups in total. The summed E-state index contributed by atoms with van der Waals surface area (Å²) in [5, 5.41) is 12.9. The summed E-state index contributed by atoms with van der Waals surface area (Å²) in [5.74, 6) is 0.393. The summed E-state index contributed by atoms with van der Waals surface area (Å²) in [6.45, 7) is 0.0300. The number of H-pyrrole nitrogens is 1. The Balaban J connectivity index is 1.69. The Hall–Kier alpha value is -3.03.